The predicted octanol–water partition coefficient (Wildman–Crippen LogP) is 4.23. The van der Waals surface area contributed by atoms with Gasteiger partial charge in [0.05, 0.1) is 12.6 Å². The van der Waals surface area contributed by atoms with Crippen LogP contribution in [0.5, 0.6) is 0 Å². The molecule has 1 saturated heterocycles. The van der Waals surface area contributed by atoms with Crippen LogP contribution in [-0.2, 0) is 25.5 Å². The number of carboxylic acid groups (broad SMARTS) is 1. The Morgan fingerprint density at radius 1 is 1.05 bits per heavy atom. The normalized spacial score (nSPS) is 22.2. The summed E-state index contributed by atoms with van der Waals surface area (Å²) in [6, 6.07) is 7.33. The minimum Gasteiger partial charge on any atom is -0.480 e. The Balaban J connectivity index is 1.54. The largest absolute Gasteiger partial charge is 0.480 e. The van der Waals surface area contributed by atoms with Gasteiger partial charge in [-0.3, -0.25) is 9.69 Å². The predicted molar refractivity (Wildman–Crippen MR) is 146 cm³/mol. The SMILES string of the molecule is COC1CCC(N2CCN(c3ccc(CC(C)(C)C[C@H](NC(=O)OC(C)(C)C)C(=O)O)cc3)C(=O)C2)CC1. The zero-order chi connectivity index (χ0) is 28.1. The van der Waals surface area contributed by atoms with Crippen LogP contribution in [0.1, 0.15) is 72.3 Å². The van der Waals surface area contributed by atoms with Gasteiger partial charge < -0.3 is 24.8 Å². The highest BCUT2D eigenvalue weighted by Crippen LogP contribution is 2.30. The van der Waals surface area contributed by atoms with Crippen molar-refractivity contribution in [3.8, 4) is 0 Å². The Hall–Kier alpha value is -2.65. The molecule has 1 aliphatic carbocycles. The van der Waals surface area contributed by atoms with Crippen molar-refractivity contribution in [3.05, 3.63) is 29.8 Å². The second kappa shape index (κ2) is 12.5. The van der Waals surface area contributed by atoms with Gasteiger partial charge in [0, 0.05) is 31.9 Å². The average Bonchev–Trinajstić information content (AvgIpc) is 2.82. The van der Waals surface area contributed by atoms with Crippen molar-refractivity contribution in [2.45, 2.75) is 96.9 Å². The van der Waals surface area contributed by atoms with Crippen LogP contribution >= 0.6 is 0 Å². The molecule has 1 heterocycles. The number of alkyl carbamates (subject to hydrolysis) is 1. The van der Waals surface area contributed by atoms with Gasteiger partial charge >= 0.3 is 12.1 Å². The highest BCUT2D eigenvalue weighted by atomic mass is 16.6. The van der Waals surface area contributed by atoms with Gasteiger partial charge in [0.15, 0.2) is 0 Å². The first-order valence-corrected chi connectivity index (χ1v) is 13.6. The van der Waals surface area contributed by atoms with Crippen molar-refractivity contribution < 1.29 is 29.0 Å². The highest BCUT2D eigenvalue weighted by Gasteiger charge is 2.33. The third kappa shape index (κ3) is 8.70. The first-order valence-electron chi connectivity index (χ1n) is 13.6. The van der Waals surface area contributed by atoms with Gasteiger partial charge in [-0.1, -0.05) is 26.0 Å². The Kier molecular flexibility index (Phi) is 9.81. The van der Waals surface area contributed by atoms with Crippen molar-refractivity contribution in [1.82, 2.24) is 10.2 Å². The van der Waals surface area contributed by atoms with Crippen molar-refractivity contribution in [3.63, 3.8) is 0 Å². The van der Waals surface area contributed by atoms with Crippen LogP contribution in [0.15, 0.2) is 24.3 Å². The summed E-state index contributed by atoms with van der Waals surface area (Å²) in [6.45, 7) is 11.1. The molecule has 1 atom stereocenters. The van der Waals surface area contributed by atoms with Crippen molar-refractivity contribution in [1.29, 1.82) is 0 Å². The number of hydrogen-bond acceptors (Lipinski definition) is 6. The number of ether oxygens (including phenoxy) is 2. The number of rotatable bonds is 9. The molecule has 0 aromatic heterocycles. The van der Waals surface area contributed by atoms with Gasteiger partial charge in [-0.25, -0.2) is 9.59 Å². The number of piperazine rings is 1. The molecule has 1 aromatic carbocycles. The number of carbonyl (C=O) groups is 3. The number of carbonyl (C=O) groups excluding carboxylic acids is 2. The van der Waals surface area contributed by atoms with Crippen LogP contribution < -0.4 is 10.2 Å². The fraction of sp³-hybridized carbons (Fsp3) is 0.690. The number of nitrogens with zero attached hydrogens (tertiary/aromatic N) is 2. The average molecular weight is 532 g/mol. The van der Waals surface area contributed by atoms with Crippen molar-refractivity contribution >= 4 is 23.7 Å². The van der Waals surface area contributed by atoms with Gasteiger partial charge in [0.2, 0.25) is 5.91 Å². The van der Waals surface area contributed by atoms with E-state index in [9.17, 15) is 19.5 Å². The molecular weight excluding hydrogens is 486 g/mol. The van der Waals surface area contributed by atoms with Crippen molar-refractivity contribution in [2.24, 2.45) is 5.41 Å². The summed E-state index contributed by atoms with van der Waals surface area (Å²) in [6.07, 6.45) is 4.74. The molecule has 0 radical (unpaired) electrons. The highest BCUT2D eigenvalue weighted by molar-refractivity contribution is 5.95. The molecule has 9 heteroatoms. The summed E-state index contributed by atoms with van der Waals surface area (Å²) in [5.74, 6) is -0.973. The number of amides is 2. The molecule has 3 rings (SSSR count). The van der Waals surface area contributed by atoms with E-state index < -0.39 is 29.1 Å². The van der Waals surface area contributed by atoms with E-state index in [1.54, 1.807) is 27.9 Å². The molecule has 1 aliphatic heterocycles. The van der Waals surface area contributed by atoms with Crippen LogP contribution in [0.4, 0.5) is 10.5 Å². The number of aliphatic carboxylic acids is 1. The zero-order valence-electron chi connectivity index (χ0n) is 23.8. The topological polar surface area (TPSA) is 108 Å². The van der Waals surface area contributed by atoms with E-state index in [0.29, 0.717) is 31.7 Å². The molecular formula is C29H45N3O6. The van der Waals surface area contributed by atoms with E-state index in [1.165, 1.54) is 0 Å². The minimum absolute atomic E-state index is 0.121. The molecule has 212 valence electrons. The lowest BCUT2D eigenvalue weighted by Crippen LogP contribution is -2.54. The van der Waals surface area contributed by atoms with Crippen LogP contribution in [0.3, 0.4) is 0 Å². The van der Waals surface area contributed by atoms with Gasteiger partial charge in [0.1, 0.15) is 11.6 Å². The van der Waals surface area contributed by atoms with Gasteiger partial charge in [0.25, 0.3) is 0 Å². The van der Waals surface area contributed by atoms with Crippen LogP contribution in [0.2, 0.25) is 0 Å². The molecule has 1 aromatic rings. The first-order chi connectivity index (χ1) is 17.8. The maximum Gasteiger partial charge on any atom is 0.408 e. The summed E-state index contributed by atoms with van der Waals surface area (Å²) >= 11 is 0. The van der Waals surface area contributed by atoms with Gasteiger partial charge in [-0.2, -0.15) is 0 Å². The summed E-state index contributed by atoms with van der Waals surface area (Å²) < 4.78 is 10.7. The van der Waals surface area contributed by atoms with E-state index in [0.717, 1.165) is 43.5 Å². The van der Waals surface area contributed by atoms with E-state index in [2.05, 4.69) is 10.2 Å². The summed E-state index contributed by atoms with van der Waals surface area (Å²) in [5, 5.41) is 12.2. The number of hydrogen-bond donors (Lipinski definition) is 2. The molecule has 9 nitrogen and oxygen atoms in total. The lowest BCUT2D eigenvalue weighted by Gasteiger charge is -2.41. The summed E-state index contributed by atoms with van der Waals surface area (Å²) in [5.41, 5.74) is 0.820. The second-order valence-corrected chi connectivity index (χ2v) is 12.4. The Morgan fingerprint density at radius 3 is 2.21 bits per heavy atom. The zero-order valence-corrected chi connectivity index (χ0v) is 23.8. The van der Waals surface area contributed by atoms with Crippen LogP contribution in [0.25, 0.3) is 0 Å². The lowest BCUT2D eigenvalue weighted by atomic mass is 9.80. The Morgan fingerprint density at radius 2 is 1.68 bits per heavy atom. The van der Waals surface area contributed by atoms with Gasteiger partial charge in [-0.05, 0) is 82.4 Å². The number of benzene rings is 1. The first kappa shape index (κ1) is 29.9. The monoisotopic (exact) mass is 531 g/mol. The lowest BCUT2D eigenvalue weighted by molar-refractivity contribution is -0.140. The number of nitrogens with one attached hydrogen (secondary N) is 1. The Bertz CT molecular complexity index is 964. The molecule has 0 bridgehead atoms. The molecule has 2 amide bonds. The van der Waals surface area contributed by atoms with Gasteiger partial charge in [-0.15, -0.1) is 0 Å². The fourth-order valence-corrected chi connectivity index (χ4v) is 5.54. The Labute approximate surface area is 226 Å². The van der Waals surface area contributed by atoms with Crippen LogP contribution in [-0.4, -0.2) is 78.5 Å². The molecule has 1 saturated carbocycles. The standard InChI is InChI=1S/C29H45N3O6/c1-28(2,3)38-27(36)30-24(26(34)35)18-29(4,5)17-20-7-9-22(10-8-20)32-16-15-31(19-25(32)33)21-11-13-23(37-6)14-12-21/h7-10,21,23-24H,11-19H2,1-6H3,(H,30,36)(H,34,35)/t21?,23?,24-/m0/s1. The quantitative estimate of drug-likeness (QED) is 0.491. The molecule has 38 heavy (non-hydrogen) atoms. The van der Waals surface area contributed by atoms with Crippen LogP contribution in [0, 0.1) is 5.41 Å². The third-order valence-corrected chi connectivity index (χ3v) is 7.42. The second-order valence-electron chi connectivity index (χ2n) is 12.4. The number of anilines is 1. The molecule has 2 aliphatic rings. The molecule has 0 spiro atoms. The van der Waals surface area contributed by atoms with E-state index in [-0.39, 0.29) is 12.3 Å². The van der Waals surface area contributed by atoms with Crippen molar-refractivity contribution in [2.75, 3.05) is 31.6 Å². The number of carboxylic acids is 1. The maximum atomic E-state index is 13.0. The van der Waals surface area contributed by atoms with E-state index >= 15 is 0 Å². The molecule has 2 N–H and O–H groups in total. The molecule has 0 unspecified atom stereocenters. The smallest absolute Gasteiger partial charge is 0.408 e. The number of methoxy groups -OCH3 is 1. The van der Waals surface area contributed by atoms with E-state index in [1.807, 2.05) is 43.0 Å². The fourth-order valence-electron chi connectivity index (χ4n) is 5.54. The third-order valence-electron chi connectivity index (χ3n) is 7.42. The van der Waals surface area contributed by atoms with E-state index in [4.69, 9.17) is 9.47 Å². The summed E-state index contributed by atoms with van der Waals surface area (Å²) in [4.78, 5) is 41.1. The minimum atomic E-state index is -1.09. The maximum absolute atomic E-state index is 13.0. The molecule has 2 fully saturated rings. The summed E-state index contributed by atoms with van der Waals surface area (Å²) in [7, 11) is 1.77.